The van der Waals surface area contributed by atoms with E-state index < -0.39 is 0 Å². The summed E-state index contributed by atoms with van der Waals surface area (Å²) < 4.78 is 0. The zero-order valence-electron chi connectivity index (χ0n) is 11.7. The molecule has 1 atom stereocenters. The minimum Gasteiger partial charge on any atom is -0.0843 e. The van der Waals surface area contributed by atoms with Crippen LogP contribution in [0.25, 0.3) is 0 Å². The summed E-state index contributed by atoms with van der Waals surface area (Å²) in [5, 5.41) is 0.807. The van der Waals surface area contributed by atoms with Gasteiger partial charge in [-0.1, -0.05) is 73.3 Å². The van der Waals surface area contributed by atoms with Crippen LogP contribution < -0.4 is 0 Å². The normalized spacial score (nSPS) is 12.4. The second-order valence-corrected chi connectivity index (χ2v) is 5.59. The van der Waals surface area contributed by atoms with Crippen molar-refractivity contribution in [3.63, 3.8) is 0 Å². The highest BCUT2D eigenvalue weighted by atomic mass is 35.5. The van der Waals surface area contributed by atoms with Gasteiger partial charge in [0.15, 0.2) is 0 Å². The first-order valence-electron chi connectivity index (χ1n) is 7.02. The molecule has 0 N–H and O–H groups in total. The van der Waals surface area contributed by atoms with Gasteiger partial charge in [0.05, 0.1) is 0 Å². The number of benzene rings is 2. The summed E-state index contributed by atoms with van der Waals surface area (Å²) in [4.78, 5) is 0. The molecule has 2 aromatic rings. The summed E-state index contributed by atoms with van der Waals surface area (Å²) in [5.41, 5.74) is 4.08. The van der Waals surface area contributed by atoms with Crippen molar-refractivity contribution < 1.29 is 0 Å². The molecule has 2 aromatic carbocycles. The highest BCUT2D eigenvalue weighted by Gasteiger charge is 2.13. The van der Waals surface area contributed by atoms with Crippen molar-refractivity contribution in [1.29, 1.82) is 0 Å². The summed E-state index contributed by atoms with van der Waals surface area (Å²) in [7, 11) is 0. The van der Waals surface area contributed by atoms with Gasteiger partial charge in [-0.05, 0) is 36.6 Å². The van der Waals surface area contributed by atoms with Crippen molar-refractivity contribution in [1.82, 2.24) is 0 Å². The first-order chi connectivity index (χ1) is 9.20. The molecule has 1 unspecified atom stereocenters. The van der Waals surface area contributed by atoms with Gasteiger partial charge in [0, 0.05) is 10.9 Å². The van der Waals surface area contributed by atoms with E-state index in [2.05, 4.69) is 50.2 Å². The highest BCUT2D eigenvalue weighted by molar-refractivity contribution is 6.30. The Labute approximate surface area is 121 Å². The Morgan fingerprint density at radius 3 is 1.95 bits per heavy atom. The number of unbranched alkanes of at least 4 members (excludes halogenated alkanes) is 1. The van der Waals surface area contributed by atoms with Crippen LogP contribution in [0.4, 0.5) is 0 Å². The molecule has 0 saturated carbocycles. The average Bonchev–Trinajstić information content (AvgIpc) is 2.43. The number of hydrogen-bond acceptors (Lipinski definition) is 0. The van der Waals surface area contributed by atoms with Crippen LogP contribution in [0.5, 0.6) is 0 Å². The van der Waals surface area contributed by atoms with Crippen LogP contribution in [-0.4, -0.2) is 0 Å². The molecule has 0 aliphatic heterocycles. The monoisotopic (exact) mass is 272 g/mol. The molecule has 0 nitrogen and oxygen atoms in total. The maximum Gasteiger partial charge on any atom is 0.0406 e. The van der Waals surface area contributed by atoms with Crippen LogP contribution in [-0.2, 0) is 0 Å². The minimum absolute atomic E-state index is 0.484. The van der Waals surface area contributed by atoms with E-state index in [9.17, 15) is 0 Å². The minimum atomic E-state index is 0.484. The molecule has 0 aliphatic carbocycles. The summed E-state index contributed by atoms with van der Waals surface area (Å²) in [5.74, 6) is 0.484. The topological polar surface area (TPSA) is 0 Å². The molecule has 0 amide bonds. The van der Waals surface area contributed by atoms with Crippen LogP contribution in [0.3, 0.4) is 0 Å². The number of aryl methyl sites for hydroxylation is 1. The highest BCUT2D eigenvalue weighted by Crippen LogP contribution is 2.30. The summed E-state index contributed by atoms with van der Waals surface area (Å²) >= 11 is 5.99. The van der Waals surface area contributed by atoms with E-state index in [4.69, 9.17) is 11.6 Å². The van der Waals surface area contributed by atoms with Crippen LogP contribution in [0.2, 0.25) is 5.02 Å². The van der Waals surface area contributed by atoms with Crippen LogP contribution in [0, 0.1) is 6.92 Å². The number of hydrogen-bond donors (Lipinski definition) is 0. The molecule has 0 aromatic heterocycles. The lowest BCUT2D eigenvalue weighted by Gasteiger charge is -2.18. The van der Waals surface area contributed by atoms with Crippen molar-refractivity contribution >= 4 is 11.6 Å². The van der Waals surface area contributed by atoms with Crippen molar-refractivity contribution in [2.75, 3.05) is 0 Å². The van der Waals surface area contributed by atoms with E-state index in [1.807, 2.05) is 12.1 Å². The van der Waals surface area contributed by atoms with Gasteiger partial charge in [0.1, 0.15) is 0 Å². The summed E-state index contributed by atoms with van der Waals surface area (Å²) in [6.07, 6.45) is 3.68. The second-order valence-electron chi connectivity index (χ2n) is 5.16. The molecule has 0 heterocycles. The quantitative estimate of drug-likeness (QED) is 0.629. The zero-order chi connectivity index (χ0) is 13.7. The van der Waals surface area contributed by atoms with Gasteiger partial charge in [-0.3, -0.25) is 0 Å². The van der Waals surface area contributed by atoms with Gasteiger partial charge in [0.25, 0.3) is 0 Å². The Morgan fingerprint density at radius 2 is 1.42 bits per heavy atom. The Morgan fingerprint density at radius 1 is 0.895 bits per heavy atom. The third kappa shape index (κ3) is 3.84. The fourth-order valence-corrected chi connectivity index (χ4v) is 2.55. The SMILES string of the molecule is CCCCC(c1ccc(C)cc1)c1ccc(Cl)cc1. The standard InChI is InChI=1S/C18H21Cl/c1-3-4-5-18(15-8-6-14(2)7-9-15)16-10-12-17(19)13-11-16/h6-13,18H,3-5H2,1-2H3. The van der Waals surface area contributed by atoms with Crippen molar-refractivity contribution in [2.45, 2.75) is 39.0 Å². The lowest BCUT2D eigenvalue weighted by molar-refractivity contribution is 0.650. The molecule has 0 aliphatic rings. The molecule has 2 rings (SSSR count). The lowest BCUT2D eigenvalue weighted by Crippen LogP contribution is -2.01. The van der Waals surface area contributed by atoms with E-state index in [0.29, 0.717) is 5.92 Å². The van der Waals surface area contributed by atoms with Crippen LogP contribution in [0.15, 0.2) is 48.5 Å². The molecule has 1 heteroatoms. The second kappa shape index (κ2) is 6.77. The van der Waals surface area contributed by atoms with Crippen molar-refractivity contribution in [3.8, 4) is 0 Å². The third-order valence-corrected chi connectivity index (χ3v) is 3.85. The molecule has 19 heavy (non-hydrogen) atoms. The lowest BCUT2D eigenvalue weighted by atomic mass is 9.87. The Hall–Kier alpha value is -1.27. The largest absolute Gasteiger partial charge is 0.0843 e. The van der Waals surface area contributed by atoms with Crippen LogP contribution >= 0.6 is 11.6 Å². The zero-order valence-corrected chi connectivity index (χ0v) is 12.5. The molecular formula is C18H21Cl. The van der Waals surface area contributed by atoms with E-state index >= 15 is 0 Å². The van der Waals surface area contributed by atoms with Gasteiger partial charge in [-0.15, -0.1) is 0 Å². The fourth-order valence-electron chi connectivity index (χ4n) is 2.43. The molecule has 0 bridgehead atoms. The predicted octanol–water partition coefficient (Wildman–Crippen LogP) is 5.97. The Kier molecular flexibility index (Phi) is 5.04. The van der Waals surface area contributed by atoms with Gasteiger partial charge >= 0.3 is 0 Å². The molecule has 0 saturated heterocycles. The molecule has 0 radical (unpaired) electrons. The number of rotatable bonds is 5. The smallest absolute Gasteiger partial charge is 0.0406 e. The average molecular weight is 273 g/mol. The van der Waals surface area contributed by atoms with Gasteiger partial charge in [-0.2, -0.15) is 0 Å². The Bertz CT molecular complexity index is 451. The van der Waals surface area contributed by atoms with Crippen molar-refractivity contribution in [2.24, 2.45) is 0 Å². The van der Waals surface area contributed by atoms with Crippen molar-refractivity contribution in [3.05, 3.63) is 70.2 Å². The number of halogens is 1. The molecule has 0 fully saturated rings. The maximum absolute atomic E-state index is 5.99. The van der Waals surface area contributed by atoms with E-state index in [1.165, 1.54) is 36.0 Å². The Balaban J connectivity index is 2.29. The molecule has 0 spiro atoms. The molecular weight excluding hydrogens is 252 g/mol. The third-order valence-electron chi connectivity index (χ3n) is 3.60. The predicted molar refractivity (Wildman–Crippen MR) is 84.0 cm³/mol. The summed E-state index contributed by atoms with van der Waals surface area (Å²) in [6, 6.07) is 17.2. The van der Waals surface area contributed by atoms with E-state index in [-0.39, 0.29) is 0 Å². The van der Waals surface area contributed by atoms with Gasteiger partial charge in [-0.25, -0.2) is 0 Å². The van der Waals surface area contributed by atoms with Gasteiger partial charge in [0.2, 0.25) is 0 Å². The maximum atomic E-state index is 5.99. The van der Waals surface area contributed by atoms with Crippen LogP contribution in [0.1, 0.15) is 48.8 Å². The first kappa shape index (κ1) is 14.1. The first-order valence-corrected chi connectivity index (χ1v) is 7.40. The van der Waals surface area contributed by atoms with Gasteiger partial charge < -0.3 is 0 Å². The fraction of sp³-hybridized carbons (Fsp3) is 0.333. The summed E-state index contributed by atoms with van der Waals surface area (Å²) in [6.45, 7) is 4.38. The van der Waals surface area contributed by atoms with E-state index in [0.717, 1.165) is 5.02 Å². The van der Waals surface area contributed by atoms with E-state index in [1.54, 1.807) is 0 Å². The molecule has 100 valence electrons.